The Morgan fingerprint density at radius 2 is 1.94 bits per heavy atom. The summed E-state index contributed by atoms with van der Waals surface area (Å²) in [5.41, 5.74) is 7.56. The number of aromatic nitrogens is 2. The fourth-order valence-electron chi connectivity index (χ4n) is 1.47. The average molecular weight is 243 g/mol. The van der Waals surface area contributed by atoms with Crippen molar-refractivity contribution in [1.29, 1.82) is 0 Å². The van der Waals surface area contributed by atoms with E-state index in [2.05, 4.69) is 20.6 Å². The van der Waals surface area contributed by atoms with E-state index in [0.29, 0.717) is 12.2 Å². The highest BCUT2D eigenvalue weighted by molar-refractivity contribution is 5.88. The second-order valence-electron chi connectivity index (χ2n) is 3.67. The molecule has 1 aromatic heterocycles. The number of anilines is 2. The number of carbonyl (C=O) groups is 1. The van der Waals surface area contributed by atoms with E-state index in [1.807, 2.05) is 12.1 Å². The van der Waals surface area contributed by atoms with Gasteiger partial charge in [-0.15, -0.1) is 0 Å². The predicted molar refractivity (Wildman–Crippen MR) is 69.0 cm³/mol. The van der Waals surface area contributed by atoms with E-state index < -0.39 is 6.03 Å². The number of primary amides is 1. The molecule has 0 radical (unpaired) electrons. The second kappa shape index (κ2) is 5.62. The SMILES string of the molecule is NC(=O)Nc1cccc(NCc2cncnc2)c1. The zero-order valence-electron chi connectivity index (χ0n) is 9.63. The molecular formula is C12H13N5O. The lowest BCUT2D eigenvalue weighted by atomic mass is 10.2. The molecule has 0 saturated carbocycles. The van der Waals surface area contributed by atoms with Crippen molar-refractivity contribution >= 4 is 17.4 Å². The van der Waals surface area contributed by atoms with Gasteiger partial charge in [0, 0.05) is 35.9 Å². The maximum absolute atomic E-state index is 10.7. The first-order chi connectivity index (χ1) is 8.74. The van der Waals surface area contributed by atoms with E-state index in [4.69, 9.17) is 5.73 Å². The van der Waals surface area contributed by atoms with Crippen LogP contribution in [0.5, 0.6) is 0 Å². The number of rotatable bonds is 4. The summed E-state index contributed by atoms with van der Waals surface area (Å²) in [4.78, 5) is 18.6. The summed E-state index contributed by atoms with van der Waals surface area (Å²) >= 11 is 0. The van der Waals surface area contributed by atoms with Crippen LogP contribution in [0.25, 0.3) is 0 Å². The number of hydrogen-bond acceptors (Lipinski definition) is 4. The molecule has 6 nitrogen and oxygen atoms in total. The molecule has 6 heteroatoms. The van der Waals surface area contributed by atoms with Gasteiger partial charge in [0.25, 0.3) is 0 Å². The highest BCUT2D eigenvalue weighted by Crippen LogP contribution is 2.15. The molecule has 4 N–H and O–H groups in total. The van der Waals surface area contributed by atoms with Crippen LogP contribution >= 0.6 is 0 Å². The van der Waals surface area contributed by atoms with Crippen molar-refractivity contribution in [2.24, 2.45) is 5.73 Å². The summed E-state index contributed by atoms with van der Waals surface area (Å²) < 4.78 is 0. The normalized spacial score (nSPS) is 9.78. The molecule has 0 bridgehead atoms. The van der Waals surface area contributed by atoms with Crippen LogP contribution in [0, 0.1) is 0 Å². The quantitative estimate of drug-likeness (QED) is 0.760. The average Bonchev–Trinajstić information content (AvgIpc) is 2.37. The third-order valence-corrected chi connectivity index (χ3v) is 2.24. The van der Waals surface area contributed by atoms with Crippen molar-refractivity contribution in [2.75, 3.05) is 10.6 Å². The molecule has 2 aromatic rings. The lowest BCUT2D eigenvalue weighted by Gasteiger charge is -2.08. The van der Waals surface area contributed by atoms with Crippen LogP contribution in [0.2, 0.25) is 0 Å². The second-order valence-corrected chi connectivity index (χ2v) is 3.67. The minimum absolute atomic E-state index is 0.580. The highest BCUT2D eigenvalue weighted by Gasteiger charge is 1.98. The smallest absolute Gasteiger partial charge is 0.316 e. The number of benzene rings is 1. The van der Waals surface area contributed by atoms with Crippen molar-refractivity contribution in [3.05, 3.63) is 48.5 Å². The molecule has 0 fully saturated rings. The minimum Gasteiger partial charge on any atom is -0.381 e. The lowest BCUT2D eigenvalue weighted by molar-refractivity contribution is 0.259. The lowest BCUT2D eigenvalue weighted by Crippen LogP contribution is -2.19. The number of nitrogens with two attached hydrogens (primary N) is 1. The van der Waals surface area contributed by atoms with Crippen LogP contribution in [0.4, 0.5) is 16.2 Å². The molecule has 0 aliphatic carbocycles. The fraction of sp³-hybridized carbons (Fsp3) is 0.0833. The standard InChI is InChI=1S/C12H13N5O/c13-12(18)17-11-3-1-2-10(4-11)16-7-9-5-14-8-15-6-9/h1-6,8,16H,7H2,(H3,13,17,18). The third-order valence-electron chi connectivity index (χ3n) is 2.24. The van der Waals surface area contributed by atoms with Gasteiger partial charge in [0.15, 0.2) is 0 Å². The third kappa shape index (κ3) is 3.44. The Morgan fingerprint density at radius 1 is 1.22 bits per heavy atom. The number of nitrogens with zero attached hydrogens (tertiary/aromatic N) is 2. The van der Waals surface area contributed by atoms with Crippen LogP contribution in [0.3, 0.4) is 0 Å². The van der Waals surface area contributed by atoms with Crippen molar-refractivity contribution in [2.45, 2.75) is 6.54 Å². The first-order valence-electron chi connectivity index (χ1n) is 5.38. The molecule has 0 aliphatic heterocycles. The first-order valence-corrected chi connectivity index (χ1v) is 5.38. The Morgan fingerprint density at radius 3 is 2.67 bits per heavy atom. The van der Waals surface area contributed by atoms with Crippen molar-refractivity contribution in [1.82, 2.24) is 9.97 Å². The Bertz CT molecular complexity index is 529. The van der Waals surface area contributed by atoms with E-state index in [9.17, 15) is 4.79 Å². The molecule has 0 atom stereocenters. The van der Waals surface area contributed by atoms with Gasteiger partial charge in [-0.05, 0) is 18.2 Å². The molecule has 2 rings (SSSR count). The van der Waals surface area contributed by atoms with Gasteiger partial charge in [-0.2, -0.15) is 0 Å². The van der Waals surface area contributed by atoms with Gasteiger partial charge in [-0.25, -0.2) is 14.8 Å². The highest BCUT2D eigenvalue weighted by atomic mass is 16.2. The number of urea groups is 1. The summed E-state index contributed by atoms with van der Waals surface area (Å²) in [6.07, 6.45) is 4.97. The Labute approximate surface area is 104 Å². The van der Waals surface area contributed by atoms with Crippen molar-refractivity contribution < 1.29 is 4.79 Å². The summed E-state index contributed by atoms with van der Waals surface area (Å²) in [5, 5.41) is 5.72. The molecule has 92 valence electrons. The maximum Gasteiger partial charge on any atom is 0.316 e. The van der Waals surface area contributed by atoms with E-state index in [1.54, 1.807) is 24.5 Å². The number of carbonyl (C=O) groups excluding carboxylic acids is 1. The van der Waals surface area contributed by atoms with Crippen LogP contribution in [0.15, 0.2) is 43.0 Å². The van der Waals surface area contributed by atoms with Crippen LogP contribution < -0.4 is 16.4 Å². The molecular weight excluding hydrogens is 230 g/mol. The van der Waals surface area contributed by atoms with Gasteiger partial charge in [0.2, 0.25) is 0 Å². The van der Waals surface area contributed by atoms with Gasteiger partial charge in [-0.1, -0.05) is 6.07 Å². The minimum atomic E-state index is -0.580. The largest absolute Gasteiger partial charge is 0.381 e. The first kappa shape index (κ1) is 11.8. The number of nitrogens with one attached hydrogen (secondary N) is 2. The summed E-state index contributed by atoms with van der Waals surface area (Å²) in [6.45, 7) is 0.612. The molecule has 1 heterocycles. The molecule has 18 heavy (non-hydrogen) atoms. The van der Waals surface area contributed by atoms with Gasteiger partial charge >= 0.3 is 6.03 Å². The van der Waals surface area contributed by atoms with Gasteiger partial charge in [-0.3, -0.25) is 0 Å². The van der Waals surface area contributed by atoms with E-state index >= 15 is 0 Å². The van der Waals surface area contributed by atoms with Gasteiger partial charge in [0.1, 0.15) is 6.33 Å². The molecule has 0 saturated heterocycles. The van der Waals surface area contributed by atoms with E-state index in [0.717, 1.165) is 11.3 Å². The van der Waals surface area contributed by atoms with Crippen LogP contribution in [0.1, 0.15) is 5.56 Å². The molecule has 0 spiro atoms. The van der Waals surface area contributed by atoms with E-state index in [1.165, 1.54) is 6.33 Å². The Hall–Kier alpha value is -2.63. The zero-order chi connectivity index (χ0) is 12.8. The molecule has 0 aliphatic rings. The van der Waals surface area contributed by atoms with Crippen LogP contribution in [-0.4, -0.2) is 16.0 Å². The number of hydrogen-bond donors (Lipinski definition) is 3. The summed E-state index contributed by atoms with van der Waals surface area (Å²) in [7, 11) is 0. The topological polar surface area (TPSA) is 92.9 Å². The molecule has 0 unspecified atom stereocenters. The molecule has 2 amide bonds. The predicted octanol–water partition coefficient (Wildman–Crippen LogP) is 1.58. The monoisotopic (exact) mass is 243 g/mol. The van der Waals surface area contributed by atoms with Gasteiger partial charge in [0.05, 0.1) is 0 Å². The van der Waals surface area contributed by atoms with Crippen molar-refractivity contribution in [3.63, 3.8) is 0 Å². The Balaban J connectivity index is 1.99. The van der Waals surface area contributed by atoms with Crippen molar-refractivity contribution in [3.8, 4) is 0 Å². The molecule has 1 aromatic carbocycles. The maximum atomic E-state index is 10.7. The van der Waals surface area contributed by atoms with E-state index in [-0.39, 0.29) is 0 Å². The number of amides is 2. The van der Waals surface area contributed by atoms with Gasteiger partial charge < -0.3 is 16.4 Å². The zero-order valence-corrected chi connectivity index (χ0v) is 9.63. The summed E-state index contributed by atoms with van der Waals surface area (Å²) in [6, 6.07) is 6.71. The fourth-order valence-corrected chi connectivity index (χ4v) is 1.47. The summed E-state index contributed by atoms with van der Waals surface area (Å²) in [5.74, 6) is 0. The Kier molecular flexibility index (Phi) is 3.70. The van der Waals surface area contributed by atoms with Crippen LogP contribution in [-0.2, 0) is 6.54 Å².